The molecule has 0 spiro atoms. The highest BCUT2D eigenvalue weighted by molar-refractivity contribution is 5.61. The van der Waals surface area contributed by atoms with Crippen molar-refractivity contribution >= 4 is 5.69 Å². The average Bonchev–Trinajstić information content (AvgIpc) is 2.29. The molecule has 0 amide bonds. The number of fused-ring (bicyclic) bond motifs is 1. The summed E-state index contributed by atoms with van der Waals surface area (Å²) in [5, 5.41) is 12.5. The minimum absolute atomic E-state index is 0.150. The number of aliphatic hydroxyl groups excluding tert-OH is 1. The molecule has 1 aliphatic heterocycles. The maximum absolute atomic E-state index is 9.06. The highest BCUT2D eigenvalue weighted by Gasteiger charge is 2.20. The van der Waals surface area contributed by atoms with Gasteiger partial charge in [0.05, 0.1) is 0 Å². The summed E-state index contributed by atoms with van der Waals surface area (Å²) in [6.07, 6.45) is 0.695. The summed E-state index contributed by atoms with van der Waals surface area (Å²) in [4.78, 5) is 0. The molecule has 0 atom stereocenters. The number of ether oxygens (including phenoxy) is 2. The minimum atomic E-state index is -0.150. The molecule has 4 heteroatoms. The van der Waals surface area contributed by atoms with Crippen LogP contribution in [0.3, 0.4) is 0 Å². The molecule has 1 aromatic carbocycles. The zero-order chi connectivity index (χ0) is 13.2. The van der Waals surface area contributed by atoms with Gasteiger partial charge < -0.3 is 19.9 Å². The molecule has 2 rings (SSSR count). The number of hydrogen-bond donors (Lipinski definition) is 2. The first-order valence-electron chi connectivity index (χ1n) is 6.31. The van der Waals surface area contributed by atoms with Crippen molar-refractivity contribution in [3.05, 3.63) is 17.7 Å². The Morgan fingerprint density at radius 1 is 1.22 bits per heavy atom. The van der Waals surface area contributed by atoms with E-state index in [0.29, 0.717) is 19.6 Å². The van der Waals surface area contributed by atoms with Crippen molar-refractivity contribution in [2.24, 2.45) is 0 Å². The molecule has 0 bridgehead atoms. The van der Waals surface area contributed by atoms with E-state index >= 15 is 0 Å². The van der Waals surface area contributed by atoms with Crippen LogP contribution < -0.4 is 14.8 Å². The molecule has 4 nitrogen and oxygen atoms in total. The second kappa shape index (κ2) is 5.06. The molecule has 0 fully saturated rings. The number of rotatable bonds is 4. The van der Waals surface area contributed by atoms with Gasteiger partial charge in [0, 0.05) is 23.9 Å². The summed E-state index contributed by atoms with van der Waals surface area (Å²) in [6, 6.07) is 3.97. The molecule has 1 heterocycles. The van der Waals surface area contributed by atoms with Gasteiger partial charge in [-0.1, -0.05) is 0 Å². The fraction of sp³-hybridized carbons (Fsp3) is 0.571. The number of aryl methyl sites for hydroxylation is 1. The van der Waals surface area contributed by atoms with Crippen molar-refractivity contribution in [3.63, 3.8) is 0 Å². The van der Waals surface area contributed by atoms with E-state index in [9.17, 15) is 0 Å². The van der Waals surface area contributed by atoms with E-state index in [1.165, 1.54) is 0 Å². The van der Waals surface area contributed by atoms with Gasteiger partial charge in [-0.05, 0) is 38.8 Å². The molecule has 100 valence electrons. The van der Waals surface area contributed by atoms with Crippen molar-refractivity contribution in [2.45, 2.75) is 32.7 Å². The van der Waals surface area contributed by atoms with E-state index in [-0.39, 0.29) is 12.1 Å². The van der Waals surface area contributed by atoms with Gasteiger partial charge in [0.15, 0.2) is 11.5 Å². The third kappa shape index (κ3) is 2.88. The summed E-state index contributed by atoms with van der Waals surface area (Å²) in [5.41, 5.74) is 1.99. The van der Waals surface area contributed by atoms with E-state index in [1.54, 1.807) is 0 Å². The van der Waals surface area contributed by atoms with Crippen molar-refractivity contribution < 1.29 is 14.6 Å². The molecule has 1 aromatic rings. The lowest BCUT2D eigenvalue weighted by atomic mass is 10.00. The fourth-order valence-corrected chi connectivity index (χ4v) is 2.03. The maximum atomic E-state index is 9.06. The molecule has 0 saturated heterocycles. The largest absolute Gasteiger partial charge is 0.486 e. The molecule has 2 N–H and O–H groups in total. The second-order valence-corrected chi connectivity index (χ2v) is 5.29. The monoisotopic (exact) mass is 251 g/mol. The third-order valence-corrected chi connectivity index (χ3v) is 3.10. The summed E-state index contributed by atoms with van der Waals surface area (Å²) in [7, 11) is 0. The van der Waals surface area contributed by atoms with Gasteiger partial charge in [0.1, 0.15) is 13.2 Å². The lowest BCUT2D eigenvalue weighted by Crippen LogP contribution is -2.32. The zero-order valence-electron chi connectivity index (χ0n) is 11.2. The Balaban J connectivity index is 2.23. The van der Waals surface area contributed by atoms with E-state index in [4.69, 9.17) is 14.6 Å². The van der Waals surface area contributed by atoms with Crippen LogP contribution in [0, 0.1) is 6.92 Å². The van der Waals surface area contributed by atoms with E-state index in [2.05, 4.69) is 19.2 Å². The van der Waals surface area contributed by atoms with Crippen LogP contribution >= 0.6 is 0 Å². The van der Waals surface area contributed by atoms with E-state index in [1.807, 2.05) is 19.1 Å². The van der Waals surface area contributed by atoms with Gasteiger partial charge >= 0.3 is 0 Å². The minimum Gasteiger partial charge on any atom is -0.486 e. The van der Waals surface area contributed by atoms with Crippen LogP contribution in [0.5, 0.6) is 11.5 Å². The summed E-state index contributed by atoms with van der Waals surface area (Å²) in [6.45, 7) is 7.54. The van der Waals surface area contributed by atoms with Crippen molar-refractivity contribution in [3.8, 4) is 11.5 Å². The van der Waals surface area contributed by atoms with Crippen LogP contribution in [-0.4, -0.2) is 30.5 Å². The maximum Gasteiger partial charge on any atom is 0.163 e. The van der Waals surface area contributed by atoms with Gasteiger partial charge in [-0.3, -0.25) is 0 Å². The number of hydrogen-bond acceptors (Lipinski definition) is 4. The van der Waals surface area contributed by atoms with Crippen LogP contribution in [0.15, 0.2) is 12.1 Å². The van der Waals surface area contributed by atoms with Crippen molar-refractivity contribution in [1.82, 2.24) is 0 Å². The van der Waals surface area contributed by atoms with Gasteiger partial charge in [0.25, 0.3) is 0 Å². The smallest absolute Gasteiger partial charge is 0.163 e. The molecule has 0 unspecified atom stereocenters. The van der Waals surface area contributed by atoms with Crippen LogP contribution in [-0.2, 0) is 0 Å². The summed E-state index contributed by atoms with van der Waals surface area (Å²) >= 11 is 0. The van der Waals surface area contributed by atoms with Crippen LogP contribution in [0.25, 0.3) is 0 Å². The highest BCUT2D eigenvalue weighted by Crippen LogP contribution is 2.36. The van der Waals surface area contributed by atoms with Crippen LogP contribution in [0.4, 0.5) is 5.69 Å². The molecule has 0 radical (unpaired) electrons. The molecule has 0 aromatic heterocycles. The Hall–Kier alpha value is -1.42. The first kappa shape index (κ1) is 13.0. The highest BCUT2D eigenvalue weighted by atomic mass is 16.6. The van der Waals surface area contributed by atoms with Crippen molar-refractivity contribution in [2.75, 3.05) is 25.1 Å². The van der Waals surface area contributed by atoms with Gasteiger partial charge in [0.2, 0.25) is 0 Å². The topological polar surface area (TPSA) is 50.7 Å². The Bertz CT molecular complexity index is 429. The Labute approximate surface area is 108 Å². The normalized spacial score (nSPS) is 14.4. The van der Waals surface area contributed by atoms with Crippen molar-refractivity contribution in [1.29, 1.82) is 0 Å². The number of benzene rings is 1. The van der Waals surface area contributed by atoms with E-state index in [0.717, 1.165) is 22.7 Å². The van der Waals surface area contributed by atoms with Crippen LogP contribution in [0.1, 0.15) is 25.8 Å². The van der Waals surface area contributed by atoms with Crippen LogP contribution in [0.2, 0.25) is 0 Å². The predicted molar refractivity (Wildman–Crippen MR) is 71.6 cm³/mol. The Kier molecular flexibility index (Phi) is 3.66. The second-order valence-electron chi connectivity index (χ2n) is 5.29. The zero-order valence-corrected chi connectivity index (χ0v) is 11.2. The Morgan fingerprint density at radius 2 is 1.83 bits per heavy atom. The first-order valence-corrected chi connectivity index (χ1v) is 6.31. The quantitative estimate of drug-likeness (QED) is 0.862. The third-order valence-electron chi connectivity index (χ3n) is 3.10. The molecular weight excluding hydrogens is 230 g/mol. The van der Waals surface area contributed by atoms with Gasteiger partial charge in [-0.25, -0.2) is 0 Å². The van der Waals surface area contributed by atoms with Gasteiger partial charge in [-0.15, -0.1) is 0 Å². The molecular formula is C14H21NO3. The fourth-order valence-electron chi connectivity index (χ4n) is 2.03. The molecule has 1 aliphatic rings. The lowest BCUT2D eigenvalue weighted by Gasteiger charge is -2.29. The standard InChI is InChI=1S/C14H21NO3/c1-10-8-12-13(18-7-6-17-12)9-11(10)15-14(2,3)4-5-16/h8-9,15-16H,4-7H2,1-3H3. The summed E-state index contributed by atoms with van der Waals surface area (Å²) in [5.74, 6) is 1.60. The SMILES string of the molecule is Cc1cc2c(cc1NC(C)(C)CCO)OCCO2. The molecule has 18 heavy (non-hydrogen) atoms. The van der Waals surface area contributed by atoms with Gasteiger partial charge in [-0.2, -0.15) is 0 Å². The first-order chi connectivity index (χ1) is 8.52. The Morgan fingerprint density at radius 3 is 2.44 bits per heavy atom. The number of aliphatic hydroxyl groups is 1. The average molecular weight is 251 g/mol. The van der Waals surface area contributed by atoms with E-state index < -0.39 is 0 Å². The predicted octanol–water partition coefficient (Wildman–Crippen LogP) is 2.34. The lowest BCUT2D eigenvalue weighted by molar-refractivity contribution is 0.171. The molecule has 0 aliphatic carbocycles. The molecule has 0 saturated carbocycles. The number of nitrogens with one attached hydrogen (secondary N) is 1. The summed E-state index contributed by atoms with van der Waals surface area (Å²) < 4.78 is 11.1. The number of anilines is 1.